The molecule has 160 valence electrons. The zero-order chi connectivity index (χ0) is 22.4. The van der Waals surface area contributed by atoms with E-state index in [4.69, 9.17) is 4.18 Å². The SMILES string of the molecule is C[C@]1([C@H](O)c2ccc(-c3ccc4cc(OS(C)(=O)=O)ccc4c3)cc2)NC(=O)NC1=O. The van der Waals surface area contributed by atoms with Crippen LogP contribution < -0.4 is 14.8 Å². The molecule has 0 aromatic heterocycles. The van der Waals surface area contributed by atoms with Crippen molar-refractivity contribution in [3.8, 4) is 16.9 Å². The van der Waals surface area contributed by atoms with Crippen molar-refractivity contribution in [3.63, 3.8) is 0 Å². The molecule has 1 saturated heterocycles. The average Bonchev–Trinajstić information content (AvgIpc) is 2.98. The molecule has 4 rings (SSSR count). The lowest BCUT2D eigenvalue weighted by molar-refractivity contribution is -0.127. The zero-order valence-corrected chi connectivity index (χ0v) is 17.6. The Kier molecular flexibility index (Phi) is 4.95. The maximum Gasteiger partial charge on any atom is 0.322 e. The topological polar surface area (TPSA) is 122 Å². The van der Waals surface area contributed by atoms with E-state index in [0.29, 0.717) is 5.56 Å². The largest absolute Gasteiger partial charge is 0.385 e. The first-order valence-corrected chi connectivity index (χ1v) is 11.2. The summed E-state index contributed by atoms with van der Waals surface area (Å²) in [6, 6.07) is 17.1. The molecule has 9 heteroatoms. The zero-order valence-electron chi connectivity index (χ0n) is 16.7. The maximum atomic E-state index is 12.0. The van der Waals surface area contributed by atoms with Gasteiger partial charge in [0.2, 0.25) is 0 Å². The van der Waals surface area contributed by atoms with E-state index in [1.165, 1.54) is 6.92 Å². The van der Waals surface area contributed by atoms with Crippen molar-refractivity contribution >= 4 is 32.8 Å². The molecule has 2 atom stereocenters. The molecule has 3 aromatic rings. The van der Waals surface area contributed by atoms with Crippen molar-refractivity contribution in [2.24, 2.45) is 0 Å². The van der Waals surface area contributed by atoms with Gasteiger partial charge in [-0.2, -0.15) is 8.42 Å². The summed E-state index contributed by atoms with van der Waals surface area (Å²) in [6.07, 6.45) is -0.216. The van der Waals surface area contributed by atoms with Gasteiger partial charge in [0, 0.05) is 0 Å². The molecule has 0 aliphatic carbocycles. The molecule has 3 amide bonds. The Labute approximate surface area is 179 Å². The van der Waals surface area contributed by atoms with Gasteiger partial charge in [0.05, 0.1) is 6.26 Å². The minimum absolute atomic E-state index is 0.248. The number of carbonyl (C=O) groups is 2. The second kappa shape index (κ2) is 7.36. The molecule has 1 aliphatic heterocycles. The fourth-order valence-electron chi connectivity index (χ4n) is 3.57. The average molecular weight is 440 g/mol. The highest BCUT2D eigenvalue weighted by atomic mass is 32.2. The third kappa shape index (κ3) is 4.10. The van der Waals surface area contributed by atoms with Crippen LogP contribution in [0.2, 0.25) is 0 Å². The summed E-state index contributed by atoms with van der Waals surface area (Å²) in [4.78, 5) is 23.5. The van der Waals surface area contributed by atoms with Gasteiger partial charge in [-0.3, -0.25) is 10.1 Å². The Morgan fingerprint density at radius 3 is 2.16 bits per heavy atom. The summed E-state index contributed by atoms with van der Waals surface area (Å²) < 4.78 is 27.5. The molecular weight excluding hydrogens is 420 g/mol. The first kappa shape index (κ1) is 20.8. The predicted molar refractivity (Wildman–Crippen MR) is 115 cm³/mol. The Hall–Kier alpha value is -3.43. The number of benzene rings is 3. The van der Waals surface area contributed by atoms with E-state index in [2.05, 4.69) is 10.6 Å². The highest BCUT2D eigenvalue weighted by Crippen LogP contribution is 2.31. The fourth-order valence-corrected chi connectivity index (χ4v) is 4.02. The van der Waals surface area contributed by atoms with Gasteiger partial charge in [0.1, 0.15) is 17.4 Å². The van der Waals surface area contributed by atoms with E-state index in [9.17, 15) is 23.1 Å². The van der Waals surface area contributed by atoms with Crippen LogP contribution in [0.25, 0.3) is 21.9 Å². The van der Waals surface area contributed by atoms with Crippen molar-refractivity contribution in [2.75, 3.05) is 6.26 Å². The highest BCUT2D eigenvalue weighted by molar-refractivity contribution is 7.86. The van der Waals surface area contributed by atoms with Crippen LogP contribution in [0.5, 0.6) is 5.75 Å². The molecule has 3 N–H and O–H groups in total. The van der Waals surface area contributed by atoms with Gasteiger partial charge in [-0.05, 0) is 52.6 Å². The molecule has 1 aliphatic rings. The van der Waals surface area contributed by atoms with Gasteiger partial charge >= 0.3 is 16.1 Å². The Morgan fingerprint density at radius 1 is 0.935 bits per heavy atom. The number of amides is 3. The van der Waals surface area contributed by atoms with Gasteiger partial charge in [-0.1, -0.05) is 42.5 Å². The van der Waals surface area contributed by atoms with Crippen LogP contribution in [0.3, 0.4) is 0 Å². The first-order valence-electron chi connectivity index (χ1n) is 9.40. The third-order valence-corrected chi connectivity index (χ3v) is 5.73. The van der Waals surface area contributed by atoms with Crippen molar-refractivity contribution in [3.05, 3.63) is 66.2 Å². The smallest absolute Gasteiger partial charge is 0.322 e. The number of urea groups is 1. The van der Waals surface area contributed by atoms with Crippen molar-refractivity contribution in [1.82, 2.24) is 10.6 Å². The van der Waals surface area contributed by atoms with Crippen LogP contribution in [-0.2, 0) is 14.9 Å². The summed E-state index contributed by atoms with van der Waals surface area (Å²) in [5.41, 5.74) is 0.864. The van der Waals surface area contributed by atoms with E-state index in [0.717, 1.165) is 28.2 Å². The minimum Gasteiger partial charge on any atom is -0.385 e. The standard InChI is InChI=1S/C22H20N2O6S/c1-22(20(26)23-21(27)24-22)19(25)14-5-3-13(4-6-14)15-7-8-17-12-18(30-31(2,28)29)10-9-16(17)11-15/h3-12,19,25H,1-2H3,(H2,23,24,26,27)/t19-,22-/m1/s1. The summed E-state index contributed by atoms with van der Waals surface area (Å²) in [7, 11) is -3.59. The number of imide groups is 1. The highest BCUT2D eigenvalue weighted by Gasteiger charge is 2.48. The van der Waals surface area contributed by atoms with E-state index in [-0.39, 0.29) is 5.75 Å². The molecule has 1 heterocycles. The first-order chi connectivity index (χ1) is 14.5. The number of rotatable bonds is 5. The third-order valence-electron chi connectivity index (χ3n) is 5.24. The Morgan fingerprint density at radius 2 is 1.55 bits per heavy atom. The van der Waals surface area contributed by atoms with E-state index >= 15 is 0 Å². The van der Waals surface area contributed by atoms with Gasteiger partial charge < -0.3 is 14.6 Å². The van der Waals surface area contributed by atoms with E-state index in [1.54, 1.807) is 30.3 Å². The lowest BCUT2D eigenvalue weighted by Crippen LogP contribution is -2.49. The molecule has 0 saturated carbocycles. The Balaban J connectivity index is 1.59. The van der Waals surface area contributed by atoms with Crippen LogP contribution in [0, 0.1) is 0 Å². The second-order valence-corrected chi connectivity index (χ2v) is 9.22. The number of nitrogens with one attached hydrogen (secondary N) is 2. The Bertz CT molecular complexity index is 1300. The van der Waals surface area contributed by atoms with Crippen molar-refractivity contribution < 1.29 is 27.3 Å². The molecule has 8 nitrogen and oxygen atoms in total. The molecule has 31 heavy (non-hydrogen) atoms. The van der Waals surface area contributed by atoms with Gasteiger partial charge in [-0.25, -0.2) is 4.79 Å². The van der Waals surface area contributed by atoms with Crippen LogP contribution in [-0.4, -0.2) is 37.3 Å². The van der Waals surface area contributed by atoms with Gasteiger partial charge in [-0.15, -0.1) is 0 Å². The van der Waals surface area contributed by atoms with Gasteiger partial charge in [0.25, 0.3) is 5.91 Å². The molecule has 0 radical (unpaired) electrons. The molecule has 0 unspecified atom stereocenters. The van der Waals surface area contributed by atoms with Crippen LogP contribution >= 0.6 is 0 Å². The van der Waals surface area contributed by atoms with Crippen LogP contribution in [0.4, 0.5) is 4.79 Å². The summed E-state index contributed by atoms with van der Waals surface area (Å²) >= 11 is 0. The summed E-state index contributed by atoms with van der Waals surface area (Å²) in [5, 5.41) is 17.0. The van der Waals surface area contributed by atoms with Crippen molar-refractivity contribution in [2.45, 2.75) is 18.6 Å². The van der Waals surface area contributed by atoms with E-state index < -0.39 is 33.7 Å². The minimum atomic E-state index is -3.59. The lowest BCUT2D eigenvalue weighted by atomic mass is 9.88. The van der Waals surface area contributed by atoms with Crippen molar-refractivity contribution in [1.29, 1.82) is 0 Å². The monoisotopic (exact) mass is 440 g/mol. The number of hydrogen-bond donors (Lipinski definition) is 3. The number of fused-ring (bicyclic) bond motifs is 1. The fraction of sp³-hybridized carbons (Fsp3) is 0.182. The lowest BCUT2D eigenvalue weighted by Gasteiger charge is -2.27. The summed E-state index contributed by atoms with van der Waals surface area (Å²) in [6.45, 7) is 1.47. The number of carbonyl (C=O) groups excluding carboxylic acids is 2. The predicted octanol–water partition coefficient (Wildman–Crippen LogP) is 2.48. The van der Waals surface area contributed by atoms with Crippen LogP contribution in [0.15, 0.2) is 60.7 Å². The normalized spacial score (nSPS) is 19.7. The second-order valence-electron chi connectivity index (χ2n) is 7.65. The van der Waals surface area contributed by atoms with Gasteiger partial charge in [0.15, 0.2) is 0 Å². The summed E-state index contributed by atoms with van der Waals surface area (Å²) in [5.74, 6) is -0.333. The molecule has 0 bridgehead atoms. The molecule has 0 spiro atoms. The number of hydrogen-bond acceptors (Lipinski definition) is 6. The molecule has 1 fully saturated rings. The van der Waals surface area contributed by atoms with Crippen LogP contribution in [0.1, 0.15) is 18.6 Å². The molecular formula is C22H20N2O6S. The molecule has 3 aromatic carbocycles. The number of aliphatic hydroxyl groups excluding tert-OH is 1. The quantitative estimate of drug-likeness (QED) is 0.414. The maximum absolute atomic E-state index is 12.0. The van der Waals surface area contributed by atoms with E-state index in [1.807, 2.05) is 30.3 Å². The number of aliphatic hydroxyl groups is 1.